The Labute approximate surface area is 269 Å². The van der Waals surface area contributed by atoms with Gasteiger partial charge in [-0.25, -0.2) is 14.2 Å². The molecule has 1 aliphatic carbocycles. The zero-order valence-corrected chi connectivity index (χ0v) is 27.6. The summed E-state index contributed by atoms with van der Waals surface area (Å²) in [7, 11) is 1.93. The quantitative estimate of drug-likeness (QED) is 0.350. The van der Waals surface area contributed by atoms with Gasteiger partial charge in [0, 0.05) is 38.8 Å². The predicted octanol–water partition coefficient (Wildman–Crippen LogP) is 5.30. The summed E-state index contributed by atoms with van der Waals surface area (Å²) in [4.78, 5) is 37.4. The maximum Gasteiger partial charge on any atom is 0.410 e. The third kappa shape index (κ3) is 5.80. The molecule has 1 saturated carbocycles. The molecule has 11 nitrogen and oxygen atoms in total. The number of carbonyl (C=O) groups is 1. The van der Waals surface area contributed by atoms with Gasteiger partial charge in [-0.15, -0.1) is 0 Å². The van der Waals surface area contributed by atoms with Gasteiger partial charge >= 0.3 is 12.1 Å². The summed E-state index contributed by atoms with van der Waals surface area (Å²) in [6.45, 7) is 12.0. The van der Waals surface area contributed by atoms with Crippen molar-refractivity contribution < 1.29 is 18.7 Å². The van der Waals surface area contributed by atoms with Gasteiger partial charge < -0.3 is 25.0 Å². The largest absolute Gasteiger partial charge is 0.461 e. The van der Waals surface area contributed by atoms with Crippen LogP contribution in [-0.4, -0.2) is 93.3 Å². The highest BCUT2D eigenvalue weighted by Crippen LogP contribution is 2.46. The molecule has 7 rings (SSSR count). The summed E-state index contributed by atoms with van der Waals surface area (Å²) in [5.41, 5.74) is 8.38. The summed E-state index contributed by atoms with van der Waals surface area (Å²) in [6, 6.07) is 2.00. The normalized spacial score (nSPS) is 19.7. The number of hydrogen-bond donors (Lipinski definition) is 1. The van der Waals surface area contributed by atoms with Crippen LogP contribution < -0.4 is 15.4 Å². The van der Waals surface area contributed by atoms with E-state index in [9.17, 15) is 4.79 Å². The number of fused-ring (bicyclic) bond motifs is 2. The van der Waals surface area contributed by atoms with Crippen molar-refractivity contribution in [1.82, 2.24) is 29.7 Å². The van der Waals surface area contributed by atoms with Crippen LogP contribution in [0.15, 0.2) is 12.3 Å². The minimum absolute atomic E-state index is 0.00837. The van der Waals surface area contributed by atoms with Crippen LogP contribution in [0.2, 0.25) is 0 Å². The van der Waals surface area contributed by atoms with Gasteiger partial charge in [0.05, 0.1) is 16.6 Å². The molecule has 12 heteroatoms. The molecule has 3 saturated heterocycles. The number of amides is 1. The van der Waals surface area contributed by atoms with Gasteiger partial charge in [0.2, 0.25) is 0 Å². The Kier molecular flexibility index (Phi) is 7.69. The van der Waals surface area contributed by atoms with Gasteiger partial charge in [0.15, 0.2) is 5.82 Å². The van der Waals surface area contributed by atoms with E-state index in [0.717, 1.165) is 62.7 Å². The van der Waals surface area contributed by atoms with Crippen molar-refractivity contribution in [3.63, 3.8) is 0 Å². The number of hydrogen-bond acceptors (Lipinski definition) is 10. The van der Waals surface area contributed by atoms with E-state index in [1.807, 2.05) is 45.7 Å². The fourth-order valence-corrected chi connectivity index (χ4v) is 7.61. The van der Waals surface area contributed by atoms with Crippen LogP contribution in [0.5, 0.6) is 6.01 Å². The van der Waals surface area contributed by atoms with Crippen molar-refractivity contribution in [2.75, 3.05) is 57.0 Å². The molecular weight excluding hydrogens is 587 g/mol. The highest BCUT2D eigenvalue weighted by atomic mass is 19.1. The zero-order chi connectivity index (χ0) is 32.4. The molecule has 6 heterocycles. The first kappa shape index (κ1) is 30.8. The number of pyridine rings is 2. The second-order valence-corrected chi connectivity index (χ2v) is 14.8. The average molecular weight is 633 g/mol. The van der Waals surface area contributed by atoms with Gasteiger partial charge in [-0.05, 0) is 102 Å². The standard InChI is InChI=1S/C34H45FN8O3/c1-20-14-24(36)38-28(25(20)22-8-9-22)29-26(35)27-23(15-37-29)30(41(5)16-21-17-42(18-21)32(44)46-33(2,3)4)40-31(39-27)45-19-34-10-6-12-43(34)13-7-11-34/h14-15,21-22H,6-13,16-19H2,1-5H3,(H2,36,38). The second-order valence-electron chi connectivity index (χ2n) is 14.8. The van der Waals surface area contributed by atoms with Crippen molar-refractivity contribution in [3.8, 4) is 17.4 Å². The molecule has 0 unspecified atom stereocenters. The van der Waals surface area contributed by atoms with Gasteiger partial charge in [-0.2, -0.15) is 9.97 Å². The summed E-state index contributed by atoms with van der Waals surface area (Å²) in [5, 5.41) is 0.495. The van der Waals surface area contributed by atoms with E-state index in [1.54, 1.807) is 11.1 Å². The number of halogens is 1. The van der Waals surface area contributed by atoms with Gasteiger partial charge in [0.25, 0.3) is 0 Å². The molecule has 0 spiro atoms. The molecule has 0 bridgehead atoms. The molecule has 2 N–H and O–H groups in total. The van der Waals surface area contributed by atoms with Crippen LogP contribution in [0.3, 0.4) is 0 Å². The SMILES string of the molecule is Cc1cc(N)nc(-c2ncc3c(N(C)CC4CN(C(=O)OC(C)(C)C)C4)nc(OCC45CCCN4CCC5)nc3c2F)c1C1CC1. The third-order valence-electron chi connectivity index (χ3n) is 9.92. The smallest absolute Gasteiger partial charge is 0.410 e. The Morgan fingerprint density at radius 1 is 1.13 bits per heavy atom. The third-order valence-corrected chi connectivity index (χ3v) is 9.92. The molecule has 3 aromatic heterocycles. The first-order valence-corrected chi connectivity index (χ1v) is 16.6. The van der Waals surface area contributed by atoms with Crippen LogP contribution in [0.25, 0.3) is 22.3 Å². The molecule has 0 atom stereocenters. The van der Waals surface area contributed by atoms with Crippen LogP contribution in [-0.2, 0) is 4.74 Å². The summed E-state index contributed by atoms with van der Waals surface area (Å²) in [6.07, 6.45) is 7.86. The monoisotopic (exact) mass is 632 g/mol. The molecule has 3 aromatic rings. The molecular formula is C34H45FN8O3. The lowest BCUT2D eigenvalue weighted by molar-refractivity contribution is 0.000176. The predicted molar refractivity (Wildman–Crippen MR) is 174 cm³/mol. The lowest BCUT2D eigenvalue weighted by atomic mass is 9.95. The molecule has 0 radical (unpaired) electrons. The molecule has 3 aliphatic heterocycles. The van der Waals surface area contributed by atoms with Crippen molar-refractivity contribution in [2.24, 2.45) is 5.92 Å². The van der Waals surface area contributed by atoms with Crippen LogP contribution in [0.4, 0.5) is 20.8 Å². The number of anilines is 2. The Hall–Kier alpha value is -3.80. The van der Waals surface area contributed by atoms with E-state index in [1.165, 1.54) is 0 Å². The topological polar surface area (TPSA) is 123 Å². The van der Waals surface area contributed by atoms with Gasteiger partial charge in [-0.1, -0.05) is 0 Å². The Bertz CT molecular complexity index is 1660. The first-order chi connectivity index (χ1) is 21.9. The highest BCUT2D eigenvalue weighted by molar-refractivity contribution is 5.92. The van der Waals surface area contributed by atoms with E-state index < -0.39 is 11.4 Å². The number of aryl methyl sites for hydroxylation is 1. The molecule has 4 fully saturated rings. The minimum atomic E-state index is -0.555. The number of aromatic nitrogens is 4. The maximum atomic E-state index is 16.7. The maximum absolute atomic E-state index is 16.7. The first-order valence-electron chi connectivity index (χ1n) is 16.6. The Morgan fingerprint density at radius 3 is 2.52 bits per heavy atom. The highest BCUT2D eigenvalue weighted by Gasteiger charge is 2.45. The lowest BCUT2D eigenvalue weighted by Gasteiger charge is -2.41. The van der Waals surface area contributed by atoms with Crippen LogP contribution in [0, 0.1) is 18.7 Å². The number of nitrogens with zero attached hydrogens (tertiary/aromatic N) is 7. The molecule has 46 heavy (non-hydrogen) atoms. The molecule has 4 aliphatic rings. The number of nitrogens with two attached hydrogens (primary N) is 1. The summed E-state index contributed by atoms with van der Waals surface area (Å²) >= 11 is 0. The number of carbonyl (C=O) groups excluding carboxylic acids is 1. The minimum Gasteiger partial charge on any atom is -0.461 e. The van der Waals surface area contributed by atoms with Crippen LogP contribution >= 0.6 is 0 Å². The van der Waals surface area contributed by atoms with Gasteiger partial charge in [0.1, 0.15) is 35.1 Å². The summed E-state index contributed by atoms with van der Waals surface area (Å²) in [5.74, 6) is 0.853. The van der Waals surface area contributed by atoms with E-state index >= 15 is 4.39 Å². The van der Waals surface area contributed by atoms with Gasteiger partial charge in [-0.3, -0.25) is 9.88 Å². The van der Waals surface area contributed by atoms with Crippen molar-refractivity contribution in [1.29, 1.82) is 0 Å². The number of rotatable bonds is 8. The van der Waals surface area contributed by atoms with Crippen LogP contribution in [0.1, 0.15) is 76.3 Å². The number of ether oxygens (including phenoxy) is 2. The Morgan fingerprint density at radius 2 is 1.85 bits per heavy atom. The molecule has 1 amide bonds. The van der Waals surface area contributed by atoms with Crippen molar-refractivity contribution >= 4 is 28.6 Å². The van der Waals surface area contributed by atoms with E-state index in [4.69, 9.17) is 20.2 Å². The fourth-order valence-electron chi connectivity index (χ4n) is 7.61. The Balaban J connectivity index is 1.21. The van der Waals surface area contributed by atoms with E-state index in [2.05, 4.69) is 19.9 Å². The van der Waals surface area contributed by atoms with Crippen molar-refractivity contribution in [3.05, 3.63) is 29.2 Å². The van der Waals surface area contributed by atoms with Crippen molar-refractivity contribution in [2.45, 2.75) is 83.3 Å². The second kappa shape index (κ2) is 11.5. The molecule has 0 aromatic carbocycles. The lowest BCUT2D eigenvalue weighted by Crippen LogP contribution is -2.54. The molecule has 246 valence electrons. The average Bonchev–Trinajstić information content (AvgIpc) is 3.59. The zero-order valence-electron chi connectivity index (χ0n) is 27.6. The number of likely N-dealkylation sites (tertiary alicyclic amines) is 1. The van der Waals surface area contributed by atoms with E-state index in [0.29, 0.717) is 54.9 Å². The summed E-state index contributed by atoms with van der Waals surface area (Å²) < 4.78 is 28.6. The number of nitrogen functional groups attached to an aromatic ring is 1. The van der Waals surface area contributed by atoms with E-state index in [-0.39, 0.29) is 34.8 Å². The fraction of sp³-hybridized carbons (Fsp3) is 0.618.